The maximum atomic E-state index is 13.2. The molecule has 1 atom stereocenters. The molecule has 3 rings (SSSR count). The zero-order chi connectivity index (χ0) is 16.2. The number of aromatic nitrogens is 2. The first kappa shape index (κ1) is 16.0. The van der Waals surface area contributed by atoms with Crippen LogP contribution in [0.2, 0.25) is 0 Å². The third-order valence-electron chi connectivity index (χ3n) is 4.64. The molecule has 0 aliphatic carbocycles. The lowest BCUT2D eigenvalue weighted by atomic mass is 9.99. The number of pyridine rings is 1. The Balaban J connectivity index is 2.00. The van der Waals surface area contributed by atoms with E-state index in [2.05, 4.69) is 11.9 Å². The second-order valence-corrected chi connectivity index (χ2v) is 6.25. The summed E-state index contributed by atoms with van der Waals surface area (Å²) >= 11 is 0. The fourth-order valence-corrected chi connectivity index (χ4v) is 3.54. The van der Waals surface area contributed by atoms with Crippen molar-refractivity contribution in [1.82, 2.24) is 14.3 Å². The Bertz CT molecular complexity index is 678. The lowest BCUT2D eigenvalue weighted by Gasteiger charge is -2.35. The standard InChI is InChI=1S/C18H25N3O2/c1-2-7-15-17(21-12-6-4-9-16(21)19-15)18(23)20-11-5-3-8-14(20)10-13-22/h4,6,9,12,14,22H,2-3,5,7-8,10-11,13H2,1H3. The van der Waals surface area contributed by atoms with Crippen LogP contribution in [-0.4, -0.2) is 44.5 Å². The van der Waals surface area contributed by atoms with E-state index < -0.39 is 0 Å². The van der Waals surface area contributed by atoms with Crippen LogP contribution in [0.1, 0.15) is 55.2 Å². The van der Waals surface area contributed by atoms with Crippen molar-refractivity contribution >= 4 is 11.6 Å². The molecule has 2 aromatic rings. The molecule has 23 heavy (non-hydrogen) atoms. The number of likely N-dealkylation sites (tertiary alicyclic amines) is 1. The zero-order valence-electron chi connectivity index (χ0n) is 13.7. The summed E-state index contributed by atoms with van der Waals surface area (Å²) in [5, 5.41) is 9.30. The minimum atomic E-state index is 0.0605. The predicted molar refractivity (Wildman–Crippen MR) is 89.6 cm³/mol. The highest BCUT2D eigenvalue weighted by Gasteiger charge is 2.30. The monoisotopic (exact) mass is 315 g/mol. The van der Waals surface area contributed by atoms with E-state index in [1.54, 1.807) is 0 Å². The molecule has 3 heterocycles. The molecule has 0 bridgehead atoms. The fraction of sp³-hybridized carbons (Fsp3) is 0.556. The second kappa shape index (κ2) is 7.13. The van der Waals surface area contributed by atoms with Gasteiger partial charge in [0, 0.05) is 25.4 Å². The number of fused-ring (bicyclic) bond motifs is 1. The maximum Gasteiger partial charge on any atom is 0.273 e. The van der Waals surface area contributed by atoms with Crippen molar-refractivity contribution in [2.45, 2.75) is 51.5 Å². The van der Waals surface area contributed by atoms with Gasteiger partial charge in [-0.3, -0.25) is 9.20 Å². The van der Waals surface area contributed by atoms with Gasteiger partial charge in [0.25, 0.3) is 5.91 Å². The van der Waals surface area contributed by atoms with Crippen LogP contribution in [0.3, 0.4) is 0 Å². The molecule has 124 valence electrons. The van der Waals surface area contributed by atoms with Crippen LogP contribution in [-0.2, 0) is 6.42 Å². The molecule has 1 saturated heterocycles. The van der Waals surface area contributed by atoms with Crippen molar-refractivity contribution in [3.63, 3.8) is 0 Å². The molecule has 1 fully saturated rings. The molecule has 5 heteroatoms. The first-order valence-corrected chi connectivity index (χ1v) is 8.64. The van der Waals surface area contributed by atoms with Gasteiger partial charge in [0.1, 0.15) is 11.3 Å². The summed E-state index contributed by atoms with van der Waals surface area (Å²) in [6, 6.07) is 5.96. The number of piperidine rings is 1. The third kappa shape index (κ3) is 3.11. The number of imidazole rings is 1. The van der Waals surface area contributed by atoms with Gasteiger partial charge in [0.15, 0.2) is 0 Å². The lowest BCUT2D eigenvalue weighted by molar-refractivity contribution is 0.0566. The highest BCUT2D eigenvalue weighted by Crippen LogP contribution is 2.24. The Kier molecular flexibility index (Phi) is 4.96. The first-order valence-electron chi connectivity index (χ1n) is 8.64. The van der Waals surface area contributed by atoms with Gasteiger partial charge in [0.05, 0.1) is 5.69 Å². The normalized spacial score (nSPS) is 18.5. The SMILES string of the molecule is CCCc1nc2ccccn2c1C(=O)N1CCCCC1CCO. The van der Waals surface area contributed by atoms with Crippen LogP contribution in [0.4, 0.5) is 0 Å². The van der Waals surface area contributed by atoms with Gasteiger partial charge < -0.3 is 10.0 Å². The number of carbonyl (C=O) groups is 1. The van der Waals surface area contributed by atoms with E-state index in [0.717, 1.165) is 50.0 Å². The summed E-state index contributed by atoms with van der Waals surface area (Å²) in [5.41, 5.74) is 2.42. The van der Waals surface area contributed by atoms with Crippen molar-refractivity contribution in [3.8, 4) is 0 Å². The van der Waals surface area contributed by atoms with E-state index in [4.69, 9.17) is 0 Å². The zero-order valence-corrected chi connectivity index (χ0v) is 13.7. The van der Waals surface area contributed by atoms with Crippen LogP contribution in [0.5, 0.6) is 0 Å². The van der Waals surface area contributed by atoms with Gasteiger partial charge in [-0.1, -0.05) is 19.4 Å². The fourth-order valence-electron chi connectivity index (χ4n) is 3.54. The lowest BCUT2D eigenvalue weighted by Crippen LogP contribution is -2.44. The highest BCUT2D eigenvalue weighted by atomic mass is 16.3. The molecule has 0 radical (unpaired) electrons. The molecule has 0 spiro atoms. The second-order valence-electron chi connectivity index (χ2n) is 6.25. The summed E-state index contributed by atoms with van der Waals surface area (Å²) < 4.78 is 1.91. The maximum absolute atomic E-state index is 13.2. The summed E-state index contributed by atoms with van der Waals surface area (Å²) in [6.07, 6.45) is 7.49. The molecule has 0 saturated carbocycles. The van der Waals surface area contributed by atoms with E-state index in [9.17, 15) is 9.90 Å². The third-order valence-corrected chi connectivity index (χ3v) is 4.64. The van der Waals surface area contributed by atoms with Crippen molar-refractivity contribution in [3.05, 3.63) is 35.8 Å². The summed E-state index contributed by atoms with van der Waals surface area (Å²) in [4.78, 5) is 19.8. The van der Waals surface area contributed by atoms with Gasteiger partial charge in [-0.2, -0.15) is 0 Å². The highest BCUT2D eigenvalue weighted by molar-refractivity contribution is 5.95. The largest absolute Gasteiger partial charge is 0.396 e. The van der Waals surface area contributed by atoms with Crippen LogP contribution in [0, 0.1) is 0 Å². The number of nitrogens with zero attached hydrogens (tertiary/aromatic N) is 3. The minimum absolute atomic E-state index is 0.0605. The van der Waals surface area contributed by atoms with Gasteiger partial charge in [-0.25, -0.2) is 4.98 Å². The quantitative estimate of drug-likeness (QED) is 0.923. The molecular formula is C18H25N3O2. The molecule has 5 nitrogen and oxygen atoms in total. The van der Waals surface area contributed by atoms with Crippen molar-refractivity contribution in [1.29, 1.82) is 0 Å². The molecule has 1 aliphatic rings. The van der Waals surface area contributed by atoms with Gasteiger partial charge in [-0.05, 0) is 44.2 Å². The van der Waals surface area contributed by atoms with Crippen molar-refractivity contribution < 1.29 is 9.90 Å². The Morgan fingerprint density at radius 2 is 2.26 bits per heavy atom. The van der Waals surface area contributed by atoms with Crippen molar-refractivity contribution in [2.75, 3.05) is 13.2 Å². The average Bonchev–Trinajstić information content (AvgIpc) is 2.93. The number of amides is 1. The first-order chi connectivity index (χ1) is 11.3. The van der Waals surface area contributed by atoms with E-state index >= 15 is 0 Å². The average molecular weight is 315 g/mol. The minimum Gasteiger partial charge on any atom is -0.396 e. The molecule has 0 aromatic carbocycles. The smallest absolute Gasteiger partial charge is 0.273 e. The number of aliphatic hydroxyl groups is 1. The van der Waals surface area contributed by atoms with Crippen LogP contribution >= 0.6 is 0 Å². The number of aliphatic hydroxyl groups excluding tert-OH is 1. The van der Waals surface area contributed by atoms with Crippen molar-refractivity contribution in [2.24, 2.45) is 0 Å². The van der Waals surface area contributed by atoms with Gasteiger partial charge in [0.2, 0.25) is 0 Å². The number of carbonyl (C=O) groups excluding carboxylic acids is 1. The number of rotatable bonds is 5. The Labute approximate surface area is 136 Å². The van der Waals surface area contributed by atoms with Gasteiger partial charge >= 0.3 is 0 Å². The van der Waals surface area contributed by atoms with E-state index in [0.29, 0.717) is 12.1 Å². The summed E-state index contributed by atoms with van der Waals surface area (Å²) in [5.74, 6) is 0.0605. The molecule has 2 aromatic heterocycles. The molecule has 1 unspecified atom stereocenters. The van der Waals surface area contributed by atoms with E-state index in [1.807, 2.05) is 33.7 Å². The number of hydrogen-bond acceptors (Lipinski definition) is 3. The Morgan fingerprint density at radius 1 is 1.39 bits per heavy atom. The predicted octanol–water partition coefficient (Wildman–Crippen LogP) is 2.66. The van der Waals surface area contributed by atoms with Crippen LogP contribution in [0.25, 0.3) is 5.65 Å². The number of hydrogen-bond donors (Lipinski definition) is 1. The topological polar surface area (TPSA) is 57.8 Å². The number of aryl methyl sites for hydroxylation is 1. The Morgan fingerprint density at radius 3 is 3.04 bits per heavy atom. The molecule has 1 N–H and O–H groups in total. The van der Waals surface area contributed by atoms with Crippen LogP contribution < -0.4 is 0 Å². The molecule has 1 aliphatic heterocycles. The van der Waals surface area contributed by atoms with Gasteiger partial charge in [-0.15, -0.1) is 0 Å². The summed E-state index contributed by atoms with van der Waals surface area (Å²) in [6.45, 7) is 3.01. The van der Waals surface area contributed by atoms with E-state index in [1.165, 1.54) is 0 Å². The molecule has 1 amide bonds. The summed E-state index contributed by atoms with van der Waals surface area (Å²) in [7, 11) is 0. The molecular weight excluding hydrogens is 290 g/mol. The van der Waals surface area contributed by atoms with E-state index in [-0.39, 0.29) is 18.6 Å². The Hall–Kier alpha value is -1.88. The van der Waals surface area contributed by atoms with Crippen LogP contribution in [0.15, 0.2) is 24.4 Å².